The summed E-state index contributed by atoms with van der Waals surface area (Å²) in [5.74, 6) is 0.652. The van der Waals surface area contributed by atoms with Crippen molar-refractivity contribution in [3.63, 3.8) is 0 Å². The van der Waals surface area contributed by atoms with Gasteiger partial charge < -0.3 is 9.64 Å². The number of benzene rings is 2. The predicted octanol–water partition coefficient (Wildman–Crippen LogP) is 4.96. The van der Waals surface area contributed by atoms with Gasteiger partial charge in [0.15, 0.2) is 0 Å². The zero-order valence-corrected chi connectivity index (χ0v) is 16.7. The van der Waals surface area contributed by atoms with Crippen LogP contribution in [-0.4, -0.2) is 18.8 Å². The number of fused-ring (bicyclic) bond motifs is 1. The Morgan fingerprint density at radius 2 is 1.81 bits per heavy atom. The van der Waals surface area contributed by atoms with E-state index in [9.17, 15) is 9.59 Å². The highest BCUT2D eigenvalue weighted by Crippen LogP contribution is 2.34. The van der Waals surface area contributed by atoms with Crippen molar-refractivity contribution < 1.29 is 14.3 Å². The predicted molar refractivity (Wildman–Crippen MR) is 107 cm³/mol. The van der Waals surface area contributed by atoms with Crippen LogP contribution < -0.4 is 9.64 Å². The van der Waals surface area contributed by atoms with Gasteiger partial charge in [0.2, 0.25) is 0 Å². The molecule has 1 heterocycles. The molecule has 0 spiro atoms. The molecule has 1 atom stereocenters. The Kier molecular flexibility index (Phi) is 5.09. The van der Waals surface area contributed by atoms with Gasteiger partial charge in [-0.15, -0.1) is 0 Å². The molecular formula is C23H27NO3. The fraction of sp³-hybridized carbons (Fsp3) is 0.391. The van der Waals surface area contributed by atoms with Crippen LogP contribution in [0.15, 0.2) is 42.5 Å². The molecule has 3 rings (SSSR count). The Balaban J connectivity index is 1.79. The van der Waals surface area contributed by atoms with Gasteiger partial charge in [0.1, 0.15) is 11.5 Å². The molecule has 142 valence electrons. The van der Waals surface area contributed by atoms with Crippen LogP contribution in [0.4, 0.5) is 5.69 Å². The number of amides is 1. The van der Waals surface area contributed by atoms with E-state index in [2.05, 4.69) is 20.8 Å². The van der Waals surface area contributed by atoms with Crippen LogP contribution in [0.25, 0.3) is 0 Å². The van der Waals surface area contributed by atoms with E-state index in [0.29, 0.717) is 24.3 Å². The van der Waals surface area contributed by atoms with Crippen LogP contribution in [0.2, 0.25) is 0 Å². The van der Waals surface area contributed by atoms with E-state index < -0.39 is 0 Å². The Hall–Kier alpha value is -2.62. The number of hydrogen-bond donors (Lipinski definition) is 0. The molecule has 1 unspecified atom stereocenters. The fourth-order valence-electron chi connectivity index (χ4n) is 3.51. The average Bonchev–Trinajstić information content (AvgIpc) is 2.97. The maximum atomic E-state index is 12.9. The van der Waals surface area contributed by atoms with E-state index in [0.717, 1.165) is 16.8 Å². The fourth-order valence-corrected chi connectivity index (χ4v) is 3.51. The lowest BCUT2D eigenvalue weighted by Crippen LogP contribution is -2.23. The number of Topliss-reactive ketones (excluding diaryl/α,β-unsaturated/α-hetero) is 1. The summed E-state index contributed by atoms with van der Waals surface area (Å²) >= 11 is 0. The number of ketones is 1. The van der Waals surface area contributed by atoms with Gasteiger partial charge in [0.05, 0.1) is 19.2 Å². The first-order valence-electron chi connectivity index (χ1n) is 9.31. The van der Waals surface area contributed by atoms with Crippen molar-refractivity contribution in [2.24, 2.45) is 5.41 Å². The first-order valence-corrected chi connectivity index (χ1v) is 9.31. The third kappa shape index (κ3) is 3.90. The van der Waals surface area contributed by atoms with Crippen LogP contribution in [-0.2, 0) is 11.3 Å². The number of methoxy groups -OCH3 is 1. The molecule has 1 aliphatic rings. The van der Waals surface area contributed by atoms with E-state index in [-0.39, 0.29) is 23.0 Å². The largest absolute Gasteiger partial charge is 0.496 e. The van der Waals surface area contributed by atoms with Crippen molar-refractivity contribution in [3.05, 3.63) is 59.2 Å². The smallest absolute Gasteiger partial charge is 0.262 e. The number of hydrogen-bond acceptors (Lipinski definition) is 3. The van der Waals surface area contributed by atoms with Crippen LogP contribution >= 0.6 is 0 Å². The van der Waals surface area contributed by atoms with Crippen LogP contribution in [0.5, 0.6) is 5.75 Å². The highest BCUT2D eigenvalue weighted by Gasteiger charge is 2.31. The summed E-state index contributed by atoms with van der Waals surface area (Å²) in [4.78, 5) is 27.1. The number of ether oxygens (including phenoxy) is 1. The molecule has 4 heteroatoms. The molecule has 0 aromatic heterocycles. The standard InChI is InChI=1S/C23H27NO3/c1-15(19(25)13-23(2,3)4)16-9-11-18(12-10-16)24-14-17-7-6-8-20(27-5)21(17)22(24)26/h6-12,15H,13-14H2,1-5H3. The highest BCUT2D eigenvalue weighted by molar-refractivity contribution is 6.11. The Bertz CT molecular complexity index is 862. The van der Waals surface area contributed by atoms with Gasteiger partial charge in [0.25, 0.3) is 5.91 Å². The summed E-state index contributed by atoms with van der Waals surface area (Å²) in [6.45, 7) is 8.71. The quantitative estimate of drug-likeness (QED) is 0.752. The van der Waals surface area contributed by atoms with Gasteiger partial charge in [-0.2, -0.15) is 0 Å². The van der Waals surface area contributed by atoms with E-state index >= 15 is 0 Å². The highest BCUT2D eigenvalue weighted by atomic mass is 16.5. The maximum Gasteiger partial charge on any atom is 0.262 e. The Labute approximate surface area is 161 Å². The SMILES string of the molecule is COc1cccc2c1C(=O)N(c1ccc(C(C)C(=O)CC(C)(C)C)cc1)C2. The normalized spacial score (nSPS) is 14.9. The molecule has 0 fully saturated rings. The molecule has 4 nitrogen and oxygen atoms in total. The molecule has 1 amide bonds. The molecule has 0 bridgehead atoms. The minimum atomic E-state index is -0.148. The molecule has 0 N–H and O–H groups in total. The van der Waals surface area contributed by atoms with Crippen molar-refractivity contribution in [2.45, 2.75) is 46.6 Å². The van der Waals surface area contributed by atoms with Crippen molar-refractivity contribution in [1.29, 1.82) is 0 Å². The third-order valence-electron chi connectivity index (χ3n) is 5.01. The first-order chi connectivity index (χ1) is 12.7. The van der Waals surface area contributed by atoms with E-state index in [1.807, 2.05) is 49.4 Å². The topological polar surface area (TPSA) is 46.6 Å². The summed E-state index contributed by atoms with van der Waals surface area (Å²) in [5, 5.41) is 0. The molecule has 27 heavy (non-hydrogen) atoms. The van der Waals surface area contributed by atoms with Crippen LogP contribution in [0.3, 0.4) is 0 Å². The Morgan fingerprint density at radius 3 is 2.41 bits per heavy atom. The summed E-state index contributed by atoms with van der Waals surface area (Å²) in [7, 11) is 1.58. The second kappa shape index (κ2) is 7.18. The number of anilines is 1. The molecule has 0 saturated heterocycles. The number of nitrogens with zero attached hydrogens (tertiary/aromatic N) is 1. The zero-order valence-electron chi connectivity index (χ0n) is 16.7. The maximum absolute atomic E-state index is 12.9. The molecule has 0 saturated carbocycles. The lowest BCUT2D eigenvalue weighted by molar-refractivity contribution is -0.121. The average molecular weight is 365 g/mol. The molecule has 0 aliphatic carbocycles. The number of carbonyl (C=O) groups is 2. The summed E-state index contributed by atoms with van der Waals surface area (Å²) in [6.07, 6.45) is 0.551. The van der Waals surface area contributed by atoms with E-state index in [1.165, 1.54) is 0 Å². The molecule has 0 radical (unpaired) electrons. The minimum Gasteiger partial charge on any atom is -0.496 e. The lowest BCUT2D eigenvalue weighted by atomic mass is 9.84. The molecule has 2 aromatic carbocycles. The molecule has 2 aromatic rings. The van der Waals surface area contributed by atoms with Gasteiger partial charge in [-0.25, -0.2) is 0 Å². The van der Waals surface area contributed by atoms with Crippen LogP contribution in [0, 0.1) is 5.41 Å². The number of carbonyl (C=O) groups excluding carboxylic acids is 2. The molecule has 1 aliphatic heterocycles. The van der Waals surface area contributed by atoms with Crippen LogP contribution in [0.1, 0.15) is 61.5 Å². The van der Waals surface area contributed by atoms with Crippen molar-refractivity contribution >= 4 is 17.4 Å². The third-order valence-corrected chi connectivity index (χ3v) is 5.01. The first kappa shape index (κ1) is 19.2. The van der Waals surface area contributed by atoms with Gasteiger partial charge in [0, 0.05) is 18.0 Å². The van der Waals surface area contributed by atoms with Crippen molar-refractivity contribution in [1.82, 2.24) is 0 Å². The second-order valence-corrected chi connectivity index (χ2v) is 8.40. The summed E-state index contributed by atoms with van der Waals surface area (Å²) in [6, 6.07) is 13.4. The van der Waals surface area contributed by atoms with Gasteiger partial charge in [-0.1, -0.05) is 52.0 Å². The van der Waals surface area contributed by atoms with E-state index in [1.54, 1.807) is 12.0 Å². The zero-order chi connectivity index (χ0) is 19.8. The summed E-state index contributed by atoms with van der Waals surface area (Å²) in [5.41, 5.74) is 3.40. The second-order valence-electron chi connectivity index (χ2n) is 8.40. The van der Waals surface area contributed by atoms with Gasteiger partial charge in [-0.05, 0) is 34.7 Å². The lowest BCUT2D eigenvalue weighted by Gasteiger charge is -2.21. The molecular weight excluding hydrogens is 338 g/mol. The monoisotopic (exact) mass is 365 g/mol. The minimum absolute atomic E-state index is 0.0158. The van der Waals surface area contributed by atoms with Crippen molar-refractivity contribution in [3.8, 4) is 5.75 Å². The number of rotatable bonds is 5. The van der Waals surface area contributed by atoms with Gasteiger partial charge >= 0.3 is 0 Å². The van der Waals surface area contributed by atoms with Crippen molar-refractivity contribution in [2.75, 3.05) is 12.0 Å². The van der Waals surface area contributed by atoms with Gasteiger partial charge in [-0.3, -0.25) is 9.59 Å². The summed E-state index contributed by atoms with van der Waals surface area (Å²) < 4.78 is 5.34. The Morgan fingerprint density at radius 1 is 1.15 bits per heavy atom. The van der Waals surface area contributed by atoms with E-state index in [4.69, 9.17) is 4.74 Å².